The van der Waals surface area contributed by atoms with Crippen molar-refractivity contribution in [2.24, 2.45) is 0 Å². The fourth-order valence-corrected chi connectivity index (χ4v) is 3.62. The first kappa shape index (κ1) is 18.6. The predicted octanol–water partition coefficient (Wildman–Crippen LogP) is 3.53. The van der Waals surface area contributed by atoms with Gasteiger partial charge in [-0.25, -0.2) is 0 Å². The summed E-state index contributed by atoms with van der Waals surface area (Å²) >= 11 is 0. The molecule has 0 aliphatic carbocycles. The third-order valence-corrected chi connectivity index (χ3v) is 5.22. The summed E-state index contributed by atoms with van der Waals surface area (Å²) in [5, 5.41) is 7.01. The maximum atomic E-state index is 12.3. The summed E-state index contributed by atoms with van der Waals surface area (Å²) in [6.45, 7) is 7.73. The number of nitrogens with zero attached hydrogens (tertiary/aromatic N) is 2. The van der Waals surface area contributed by atoms with Crippen molar-refractivity contribution >= 4 is 5.91 Å². The lowest BCUT2D eigenvalue weighted by Gasteiger charge is -2.27. The molecule has 0 unspecified atom stereocenters. The first-order valence-electron chi connectivity index (χ1n) is 9.61. The highest BCUT2D eigenvalue weighted by atomic mass is 16.5. The summed E-state index contributed by atoms with van der Waals surface area (Å²) in [5.41, 5.74) is 4.46. The molecule has 26 heavy (non-hydrogen) atoms. The van der Waals surface area contributed by atoms with Gasteiger partial charge in [-0.05, 0) is 57.3 Å². The van der Waals surface area contributed by atoms with E-state index in [1.807, 2.05) is 19.9 Å². The van der Waals surface area contributed by atoms with E-state index in [1.54, 1.807) is 0 Å². The minimum Gasteiger partial charge on any atom is -0.361 e. The maximum absolute atomic E-state index is 12.3. The second-order valence-electron chi connectivity index (χ2n) is 7.18. The average Bonchev–Trinajstić information content (AvgIpc) is 2.98. The minimum atomic E-state index is 0.0674. The van der Waals surface area contributed by atoms with Crippen molar-refractivity contribution in [2.45, 2.75) is 59.0 Å². The van der Waals surface area contributed by atoms with E-state index in [2.05, 4.69) is 33.6 Å². The van der Waals surface area contributed by atoms with Crippen LogP contribution < -0.4 is 5.32 Å². The molecule has 1 N–H and O–H groups in total. The van der Waals surface area contributed by atoms with Crippen molar-refractivity contribution in [3.8, 4) is 0 Å². The molecular formula is C21H29N3O2. The van der Waals surface area contributed by atoms with E-state index in [0.717, 1.165) is 23.6 Å². The highest BCUT2D eigenvalue weighted by Crippen LogP contribution is 2.17. The van der Waals surface area contributed by atoms with Gasteiger partial charge in [0.1, 0.15) is 5.76 Å². The lowest BCUT2D eigenvalue weighted by atomic mass is 10.0. The van der Waals surface area contributed by atoms with Crippen LogP contribution in [0.15, 0.2) is 28.8 Å². The zero-order chi connectivity index (χ0) is 18.4. The van der Waals surface area contributed by atoms with E-state index in [1.165, 1.54) is 43.5 Å². The number of rotatable bonds is 7. The van der Waals surface area contributed by atoms with Crippen LogP contribution in [-0.4, -0.2) is 29.1 Å². The molecule has 5 heteroatoms. The van der Waals surface area contributed by atoms with E-state index in [0.29, 0.717) is 19.4 Å². The molecule has 1 aliphatic rings. The van der Waals surface area contributed by atoms with E-state index >= 15 is 0 Å². The van der Waals surface area contributed by atoms with Gasteiger partial charge < -0.3 is 9.84 Å². The lowest BCUT2D eigenvalue weighted by Crippen LogP contribution is -2.30. The van der Waals surface area contributed by atoms with Crippen LogP contribution in [0.1, 0.15) is 53.8 Å². The van der Waals surface area contributed by atoms with Gasteiger partial charge in [0.15, 0.2) is 0 Å². The zero-order valence-electron chi connectivity index (χ0n) is 15.9. The summed E-state index contributed by atoms with van der Waals surface area (Å²) in [5.74, 6) is 0.875. The predicted molar refractivity (Wildman–Crippen MR) is 102 cm³/mol. The standard InChI is InChI=1S/C21H29N3O2/c1-16-20(17(2)26-23-16)10-11-21(25)22-14-18-8-4-5-9-19(18)15-24-12-6-3-7-13-24/h4-5,8-9H,3,6-7,10-15H2,1-2H3,(H,22,25). The van der Waals surface area contributed by atoms with Gasteiger partial charge >= 0.3 is 0 Å². The third-order valence-electron chi connectivity index (χ3n) is 5.22. The lowest BCUT2D eigenvalue weighted by molar-refractivity contribution is -0.121. The number of carbonyl (C=O) groups excluding carboxylic acids is 1. The molecule has 0 atom stereocenters. The minimum absolute atomic E-state index is 0.0674. The Kier molecular flexibility index (Phi) is 6.45. The van der Waals surface area contributed by atoms with Gasteiger partial charge in [0.25, 0.3) is 0 Å². The van der Waals surface area contributed by atoms with E-state index in [4.69, 9.17) is 4.52 Å². The summed E-state index contributed by atoms with van der Waals surface area (Å²) in [4.78, 5) is 14.8. The first-order valence-corrected chi connectivity index (χ1v) is 9.61. The van der Waals surface area contributed by atoms with Crippen molar-refractivity contribution in [3.63, 3.8) is 0 Å². The van der Waals surface area contributed by atoms with Crippen LogP contribution in [0.5, 0.6) is 0 Å². The second kappa shape index (κ2) is 8.99. The fourth-order valence-electron chi connectivity index (χ4n) is 3.62. The molecule has 1 fully saturated rings. The molecule has 0 radical (unpaired) electrons. The largest absolute Gasteiger partial charge is 0.361 e. The normalized spacial score (nSPS) is 15.2. The summed E-state index contributed by atoms with van der Waals surface area (Å²) < 4.78 is 5.16. The average molecular weight is 355 g/mol. The van der Waals surface area contributed by atoms with Crippen molar-refractivity contribution in [1.82, 2.24) is 15.4 Å². The third kappa shape index (κ3) is 4.94. The Hall–Kier alpha value is -2.14. The number of amides is 1. The highest BCUT2D eigenvalue weighted by Gasteiger charge is 2.14. The molecule has 2 aromatic rings. The first-order chi connectivity index (χ1) is 12.6. The Balaban J connectivity index is 1.51. The Morgan fingerprint density at radius 1 is 1.15 bits per heavy atom. The fraction of sp³-hybridized carbons (Fsp3) is 0.524. The van der Waals surface area contributed by atoms with Gasteiger partial charge in [0.2, 0.25) is 5.91 Å². The highest BCUT2D eigenvalue weighted by molar-refractivity contribution is 5.76. The van der Waals surface area contributed by atoms with E-state index in [9.17, 15) is 4.79 Å². The monoisotopic (exact) mass is 355 g/mol. The van der Waals surface area contributed by atoms with Gasteiger partial charge in [-0.3, -0.25) is 9.69 Å². The van der Waals surface area contributed by atoms with Gasteiger partial charge in [-0.1, -0.05) is 35.8 Å². The van der Waals surface area contributed by atoms with Crippen molar-refractivity contribution in [2.75, 3.05) is 13.1 Å². The van der Waals surface area contributed by atoms with Crippen LogP contribution >= 0.6 is 0 Å². The van der Waals surface area contributed by atoms with Crippen LogP contribution in [0.4, 0.5) is 0 Å². The van der Waals surface area contributed by atoms with Crippen LogP contribution in [0.2, 0.25) is 0 Å². The Morgan fingerprint density at radius 3 is 2.58 bits per heavy atom. The molecule has 5 nitrogen and oxygen atoms in total. The summed E-state index contributed by atoms with van der Waals surface area (Å²) in [7, 11) is 0. The van der Waals surface area contributed by atoms with Crippen LogP contribution in [-0.2, 0) is 24.3 Å². The van der Waals surface area contributed by atoms with Crippen molar-refractivity contribution in [3.05, 3.63) is 52.4 Å². The Labute approximate surface area is 155 Å². The molecule has 1 aromatic carbocycles. The quantitative estimate of drug-likeness (QED) is 0.825. The summed E-state index contributed by atoms with van der Waals surface area (Å²) in [6.07, 6.45) is 5.06. The molecule has 0 saturated carbocycles. The number of likely N-dealkylation sites (tertiary alicyclic amines) is 1. The van der Waals surface area contributed by atoms with Gasteiger partial charge in [0.05, 0.1) is 5.69 Å². The topological polar surface area (TPSA) is 58.4 Å². The number of hydrogen-bond donors (Lipinski definition) is 1. The van der Waals surface area contributed by atoms with E-state index < -0.39 is 0 Å². The van der Waals surface area contributed by atoms with Gasteiger partial charge in [-0.15, -0.1) is 0 Å². The summed E-state index contributed by atoms with van der Waals surface area (Å²) in [6, 6.07) is 8.43. The number of aryl methyl sites for hydroxylation is 2. The number of nitrogens with one attached hydrogen (secondary N) is 1. The molecule has 1 saturated heterocycles. The molecule has 1 amide bonds. The van der Waals surface area contributed by atoms with Crippen molar-refractivity contribution in [1.29, 1.82) is 0 Å². The molecular weight excluding hydrogens is 326 g/mol. The van der Waals surface area contributed by atoms with Crippen LogP contribution in [0, 0.1) is 13.8 Å². The smallest absolute Gasteiger partial charge is 0.220 e. The second-order valence-corrected chi connectivity index (χ2v) is 7.18. The molecule has 3 rings (SSSR count). The van der Waals surface area contributed by atoms with Crippen molar-refractivity contribution < 1.29 is 9.32 Å². The number of carbonyl (C=O) groups is 1. The zero-order valence-corrected chi connectivity index (χ0v) is 15.9. The Morgan fingerprint density at radius 2 is 1.88 bits per heavy atom. The van der Waals surface area contributed by atoms with E-state index in [-0.39, 0.29) is 5.91 Å². The Bertz CT molecular complexity index is 713. The number of aromatic nitrogens is 1. The van der Waals surface area contributed by atoms with Gasteiger partial charge in [0, 0.05) is 25.1 Å². The van der Waals surface area contributed by atoms with Crippen LogP contribution in [0.25, 0.3) is 0 Å². The number of hydrogen-bond acceptors (Lipinski definition) is 4. The molecule has 0 bridgehead atoms. The molecule has 140 valence electrons. The maximum Gasteiger partial charge on any atom is 0.220 e. The van der Waals surface area contributed by atoms with Crippen LogP contribution in [0.3, 0.4) is 0 Å². The number of piperidine rings is 1. The molecule has 1 aromatic heterocycles. The molecule has 2 heterocycles. The number of benzene rings is 1. The SMILES string of the molecule is Cc1noc(C)c1CCC(=O)NCc1ccccc1CN1CCCCC1. The van der Waals surface area contributed by atoms with Gasteiger partial charge in [-0.2, -0.15) is 0 Å². The molecule has 0 spiro atoms. The molecule has 1 aliphatic heterocycles.